The Morgan fingerprint density at radius 3 is 2.96 bits per heavy atom. The zero-order chi connectivity index (χ0) is 16.0. The van der Waals surface area contributed by atoms with Crippen LogP contribution in [0, 0.1) is 5.82 Å². The Morgan fingerprint density at radius 2 is 2.13 bits per heavy atom. The molecule has 2 aromatic carbocycles. The molecule has 5 nitrogen and oxygen atoms in total. The van der Waals surface area contributed by atoms with Gasteiger partial charge in [0.15, 0.2) is 0 Å². The van der Waals surface area contributed by atoms with E-state index in [4.69, 9.17) is 0 Å². The van der Waals surface area contributed by atoms with Gasteiger partial charge < -0.3 is 4.90 Å². The van der Waals surface area contributed by atoms with Gasteiger partial charge in [-0.15, -0.1) is 0 Å². The minimum absolute atomic E-state index is 0.208. The van der Waals surface area contributed by atoms with Crippen molar-refractivity contribution in [2.45, 2.75) is 6.92 Å². The Hall–Kier alpha value is -3.02. The predicted molar refractivity (Wildman–Crippen MR) is 86.7 cm³/mol. The van der Waals surface area contributed by atoms with Crippen molar-refractivity contribution in [1.82, 2.24) is 10.2 Å². The lowest BCUT2D eigenvalue weighted by Crippen LogP contribution is -2.29. The second-order valence-electron chi connectivity index (χ2n) is 5.31. The zero-order valence-electron chi connectivity index (χ0n) is 12.4. The van der Waals surface area contributed by atoms with Crippen LogP contribution in [-0.4, -0.2) is 28.4 Å². The quantitative estimate of drug-likeness (QED) is 0.790. The molecule has 0 radical (unpaired) electrons. The van der Waals surface area contributed by atoms with E-state index in [-0.39, 0.29) is 17.4 Å². The van der Waals surface area contributed by atoms with Crippen molar-refractivity contribution in [2.75, 3.05) is 11.4 Å². The number of likely N-dealkylation sites (N-methyl/N-ethyl adjacent to an activating group) is 1. The molecular weight excluding hydrogens is 295 g/mol. The minimum Gasteiger partial charge on any atom is -0.307 e. The molecule has 1 aliphatic heterocycles. The molecule has 0 fully saturated rings. The lowest BCUT2D eigenvalue weighted by atomic mass is 10.1. The van der Waals surface area contributed by atoms with Gasteiger partial charge in [-0.3, -0.25) is 9.89 Å². The first-order valence-electron chi connectivity index (χ1n) is 7.31. The van der Waals surface area contributed by atoms with Crippen molar-refractivity contribution in [3.63, 3.8) is 0 Å². The number of carbonyl (C=O) groups excluding carboxylic acids is 1. The van der Waals surface area contributed by atoms with Crippen LogP contribution in [0.4, 0.5) is 15.8 Å². The number of benzene rings is 2. The summed E-state index contributed by atoms with van der Waals surface area (Å²) < 4.78 is 13.6. The average Bonchev–Trinajstić information content (AvgIpc) is 3.10. The summed E-state index contributed by atoms with van der Waals surface area (Å²) in [5.74, 6) is -0.590. The second kappa shape index (κ2) is 5.01. The number of aliphatic imine (C=N–C) groups is 1. The van der Waals surface area contributed by atoms with Gasteiger partial charge >= 0.3 is 0 Å². The molecule has 1 amide bonds. The number of nitrogens with zero attached hydrogens (tertiary/aromatic N) is 3. The number of hydrogen-bond acceptors (Lipinski definition) is 3. The Morgan fingerprint density at radius 1 is 1.26 bits per heavy atom. The molecule has 0 spiro atoms. The van der Waals surface area contributed by atoms with Crippen LogP contribution < -0.4 is 4.90 Å². The standard InChI is InChI=1S/C17H13FN4O/c1-2-22-15-6-3-11(18)8-13(15)16(17(22)23)20-12-4-5-14-10(7-12)9-19-21-14/h3-9H,2H2,1H3,(H,19,21). The topological polar surface area (TPSA) is 61.4 Å². The summed E-state index contributed by atoms with van der Waals surface area (Å²) in [5, 5.41) is 7.74. The maximum absolute atomic E-state index is 13.6. The lowest BCUT2D eigenvalue weighted by Gasteiger charge is -2.13. The van der Waals surface area contributed by atoms with Crippen LogP contribution in [0.2, 0.25) is 0 Å². The number of H-pyrrole nitrogens is 1. The highest BCUT2D eigenvalue weighted by atomic mass is 19.1. The molecule has 1 N–H and O–H groups in total. The first kappa shape index (κ1) is 13.6. The summed E-state index contributed by atoms with van der Waals surface area (Å²) in [5.41, 5.74) is 3.03. The highest BCUT2D eigenvalue weighted by Crippen LogP contribution is 2.31. The maximum atomic E-state index is 13.6. The first-order chi connectivity index (χ1) is 11.2. The Bertz CT molecular complexity index is 960. The SMILES string of the molecule is CCN1C(=O)C(=Nc2ccc3[nH]ncc3c2)c2cc(F)ccc21. The number of fused-ring (bicyclic) bond motifs is 2. The highest BCUT2D eigenvalue weighted by molar-refractivity contribution is 6.54. The van der Waals surface area contributed by atoms with Gasteiger partial charge in [0.25, 0.3) is 5.91 Å². The van der Waals surface area contributed by atoms with Gasteiger partial charge in [-0.05, 0) is 43.3 Å². The van der Waals surface area contributed by atoms with Gasteiger partial charge in [0.05, 0.1) is 23.1 Å². The predicted octanol–water partition coefficient (Wildman–Crippen LogP) is 3.19. The number of anilines is 1. The van der Waals surface area contributed by atoms with Crippen LogP contribution >= 0.6 is 0 Å². The maximum Gasteiger partial charge on any atom is 0.277 e. The number of nitrogens with one attached hydrogen (secondary N) is 1. The van der Waals surface area contributed by atoms with Crippen molar-refractivity contribution in [3.8, 4) is 0 Å². The van der Waals surface area contributed by atoms with Crippen LogP contribution in [0.15, 0.2) is 47.6 Å². The summed E-state index contributed by atoms with van der Waals surface area (Å²) in [6.45, 7) is 2.39. The van der Waals surface area contributed by atoms with Gasteiger partial charge in [0.2, 0.25) is 0 Å². The normalized spacial score (nSPS) is 15.7. The monoisotopic (exact) mass is 308 g/mol. The number of halogens is 1. The smallest absolute Gasteiger partial charge is 0.277 e. The molecule has 1 aromatic heterocycles. The molecular formula is C17H13FN4O. The van der Waals surface area contributed by atoms with Crippen molar-refractivity contribution in [2.24, 2.45) is 4.99 Å². The van der Waals surface area contributed by atoms with E-state index in [2.05, 4.69) is 15.2 Å². The van der Waals surface area contributed by atoms with Crippen LogP contribution in [0.5, 0.6) is 0 Å². The molecule has 0 bridgehead atoms. The minimum atomic E-state index is -0.382. The van der Waals surface area contributed by atoms with Crippen molar-refractivity contribution in [3.05, 3.63) is 54.0 Å². The fraction of sp³-hybridized carbons (Fsp3) is 0.118. The van der Waals surface area contributed by atoms with Gasteiger partial charge in [0, 0.05) is 17.5 Å². The number of rotatable bonds is 2. The third-order valence-electron chi connectivity index (χ3n) is 3.93. The van der Waals surface area contributed by atoms with E-state index in [9.17, 15) is 9.18 Å². The van der Waals surface area contributed by atoms with E-state index in [1.54, 1.807) is 23.2 Å². The lowest BCUT2D eigenvalue weighted by molar-refractivity contribution is -0.112. The summed E-state index contributed by atoms with van der Waals surface area (Å²) in [7, 11) is 0. The molecule has 0 atom stereocenters. The van der Waals surface area contributed by atoms with E-state index < -0.39 is 0 Å². The third kappa shape index (κ3) is 2.11. The van der Waals surface area contributed by atoms with E-state index >= 15 is 0 Å². The van der Waals surface area contributed by atoms with E-state index in [1.165, 1.54) is 12.1 Å². The van der Waals surface area contributed by atoms with Crippen LogP contribution in [0.25, 0.3) is 10.9 Å². The Balaban J connectivity index is 1.87. The van der Waals surface area contributed by atoms with E-state index in [1.807, 2.05) is 19.1 Å². The van der Waals surface area contributed by atoms with Crippen molar-refractivity contribution < 1.29 is 9.18 Å². The molecule has 0 saturated heterocycles. The third-order valence-corrected chi connectivity index (χ3v) is 3.93. The zero-order valence-corrected chi connectivity index (χ0v) is 12.4. The molecule has 0 saturated carbocycles. The fourth-order valence-electron chi connectivity index (χ4n) is 2.84. The summed E-state index contributed by atoms with van der Waals surface area (Å²) in [4.78, 5) is 18.6. The van der Waals surface area contributed by atoms with E-state index in [0.717, 1.165) is 10.9 Å². The molecule has 6 heteroatoms. The number of aromatic amines is 1. The van der Waals surface area contributed by atoms with Gasteiger partial charge in [0.1, 0.15) is 11.5 Å². The number of aromatic nitrogens is 2. The molecule has 4 rings (SSSR count). The summed E-state index contributed by atoms with van der Waals surface area (Å²) in [6, 6.07) is 9.83. The highest BCUT2D eigenvalue weighted by Gasteiger charge is 2.33. The van der Waals surface area contributed by atoms with Crippen LogP contribution in [0.1, 0.15) is 12.5 Å². The van der Waals surface area contributed by atoms with Gasteiger partial charge in [-0.1, -0.05) is 0 Å². The fourth-order valence-corrected chi connectivity index (χ4v) is 2.84. The van der Waals surface area contributed by atoms with Crippen LogP contribution in [0.3, 0.4) is 0 Å². The molecule has 0 aliphatic carbocycles. The largest absolute Gasteiger partial charge is 0.307 e. The molecule has 0 unspecified atom stereocenters. The summed E-state index contributed by atoms with van der Waals surface area (Å²) in [6.07, 6.45) is 1.70. The first-order valence-corrected chi connectivity index (χ1v) is 7.31. The number of amides is 1. The number of carbonyl (C=O) groups is 1. The number of hydrogen-bond donors (Lipinski definition) is 1. The Kier molecular flexibility index (Phi) is 2.97. The molecule has 23 heavy (non-hydrogen) atoms. The van der Waals surface area contributed by atoms with Crippen molar-refractivity contribution >= 4 is 33.9 Å². The van der Waals surface area contributed by atoms with E-state index in [0.29, 0.717) is 23.5 Å². The molecule has 2 heterocycles. The van der Waals surface area contributed by atoms with Crippen LogP contribution in [-0.2, 0) is 4.79 Å². The van der Waals surface area contributed by atoms with Gasteiger partial charge in [-0.25, -0.2) is 9.38 Å². The molecule has 114 valence electrons. The second-order valence-corrected chi connectivity index (χ2v) is 5.31. The molecule has 3 aromatic rings. The van der Waals surface area contributed by atoms with Crippen molar-refractivity contribution in [1.29, 1.82) is 0 Å². The van der Waals surface area contributed by atoms with Gasteiger partial charge in [-0.2, -0.15) is 5.10 Å². The average molecular weight is 308 g/mol. The Labute approximate surface area is 131 Å². The summed E-state index contributed by atoms with van der Waals surface area (Å²) >= 11 is 0. The molecule has 1 aliphatic rings.